The van der Waals surface area contributed by atoms with Gasteiger partial charge in [0.1, 0.15) is 5.76 Å². The van der Waals surface area contributed by atoms with E-state index in [0.29, 0.717) is 19.0 Å². The van der Waals surface area contributed by atoms with E-state index in [2.05, 4.69) is 4.98 Å². The van der Waals surface area contributed by atoms with E-state index in [9.17, 15) is 13.2 Å². The summed E-state index contributed by atoms with van der Waals surface area (Å²) in [5, 5.41) is 0. The summed E-state index contributed by atoms with van der Waals surface area (Å²) in [7, 11) is 0. The lowest BCUT2D eigenvalue weighted by molar-refractivity contribution is -0.186. The molecule has 2 heterocycles. The predicted octanol–water partition coefficient (Wildman–Crippen LogP) is 3.32. The van der Waals surface area contributed by atoms with Gasteiger partial charge in [0.15, 0.2) is 0 Å². The van der Waals surface area contributed by atoms with E-state index >= 15 is 0 Å². The van der Waals surface area contributed by atoms with Gasteiger partial charge in [0.25, 0.3) is 0 Å². The number of aromatic nitrogens is 1. The molecule has 0 bridgehead atoms. The van der Waals surface area contributed by atoms with Crippen LogP contribution < -0.4 is 0 Å². The van der Waals surface area contributed by atoms with Crippen LogP contribution in [0.1, 0.15) is 37.5 Å². The van der Waals surface area contributed by atoms with E-state index in [4.69, 9.17) is 4.42 Å². The van der Waals surface area contributed by atoms with Crippen LogP contribution in [-0.4, -0.2) is 29.1 Å². The standard InChI is InChI=1S/C12H17F3N2O/c1-8-7-16-11(18-8)9(2)17-5-3-10(4-6-17)12(13,14)15/h7,9-10H,3-6H2,1-2H3. The fraction of sp³-hybridized carbons (Fsp3) is 0.750. The second-order valence-corrected chi connectivity index (χ2v) is 4.84. The topological polar surface area (TPSA) is 29.3 Å². The van der Waals surface area contributed by atoms with Crippen molar-refractivity contribution in [1.82, 2.24) is 9.88 Å². The van der Waals surface area contributed by atoms with Crippen LogP contribution in [0.4, 0.5) is 13.2 Å². The summed E-state index contributed by atoms with van der Waals surface area (Å²) >= 11 is 0. The van der Waals surface area contributed by atoms with Crippen molar-refractivity contribution in [2.24, 2.45) is 5.92 Å². The summed E-state index contributed by atoms with van der Waals surface area (Å²) in [6.45, 7) is 4.60. The Kier molecular flexibility index (Phi) is 3.66. The Balaban J connectivity index is 1.94. The summed E-state index contributed by atoms with van der Waals surface area (Å²) in [6, 6.07) is -0.0621. The Hall–Kier alpha value is -1.04. The van der Waals surface area contributed by atoms with E-state index in [1.165, 1.54) is 0 Å². The average Bonchev–Trinajstić information content (AvgIpc) is 2.74. The smallest absolute Gasteiger partial charge is 0.391 e. The molecule has 1 unspecified atom stereocenters. The molecule has 1 saturated heterocycles. The van der Waals surface area contributed by atoms with E-state index in [0.717, 1.165) is 5.76 Å². The van der Waals surface area contributed by atoms with E-state index in [1.54, 1.807) is 13.1 Å². The SMILES string of the molecule is Cc1cnc(C(C)N2CCC(C(F)(F)F)CC2)o1. The zero-order chi connectivity index (χ0) is 13.3. The van der Waals surface area contributed by atoms with Crippen LogP contribution in [0.3, 0.4) is 0 Å². The van der Waals surface area contributed by atoms with Gasteiger partial charge in [0, 0.05) is 0 Å². The van der Waals surface area contributed by atoms with E-state index in [-0.39, 0.29) is 18.9 Å². The van der Waals surface area contributed by atoms with Crippen molar-refractivity contribution in [3.8, 4) is 0 Å². The lowest BCUT2D eigenvalue weighted by Gasteiger charge is -2.35. The van der Waals surface area contributed by atoms with Crippen molar-refractivity contribution in [3.63, 3.8) is 0 Å². The van der Waals surface area contributed by atoms with Gasteiger partial charge in [0.2, 0.25) is 5.89 Å². The number of hydrogen-bond donors (Lipinski definition) is 0. The molecule has 6 heteroatoms. The Morgan fingerprint density at radius 2 is 2.00 bits per heavy atom. The molecule has 0 radical (unpaired) electrons. The number of nitrogens with zero attached hydrogens (tertiary/aromatic N) is 2. The van der Waals surface area contributed by atoms with Crippen molar-refractivity contribution >= 4 is 0 Å². The van der Waals surface area contributed by atoms with Gasteiger partial charge in [-0.25, -0.2) is 4.98 Å². The molecule has 18 heavy (non-hydrogen) atoms. The number of hydrogen-bond acceptors (Lipinski definition) is 3. The van der Waals surface area contributed by atoms with Gasteiger partial charge < -0.3 is 4.42 Å². The molecular formula is C12H17F3N2O. The second-order valence-electron chi connectivity index (χ2n) is 4.84. The highest BCUT2D eigenvalue weighted by atomic mass is 19.4. The highest BCUT2D eigenvalue weighted by Crippen LogP contribution is 2.36. The van der Waals surface area contributed by atoms with Crippen LogP contribution in [-0.2, 0) is 0 Å². The maximum Gasteiger partial charge on any atom is 0.391 e. The first-order valence-electron chi connectivity index (χ1n) is 6.11. The molecule has 1 atom stereocenters. The molecule has 3 nitrogen and oxygen atoms in total. The lowest BCUT2D eigenvalue weighted by Crippen LogP contribution is -2.40. The van der Waals surface area contributed by atoms with Gasteiger partial charge in [-0.3, -0.25) is 4.90 Å². The fourth-order valence-electron chi connectivity index (χ4n) is 2.34. The van der Waals surface area contributed by atoms with Crippen molar-refractivity contribution in [3.05, 3.63) is 17.8 Å². The summed E-state index contributed by atoms with van der Waals surface area (Å²) in [5.41, 5.74) is 0. The Morgan fingerprint density at radius 3 is 2.44 bits per heavy atom. The molecule has 1 aliphatic rings. The third-order valence-electron chi connectivity index (χ3n) is 3.54. The minimum atomic E-state index is -4.06. The molecule has 102 valence electrons. The van der Waals surface area contributed by atoms with Gasteiger partial charge >= 0.3 is 6.18 Å². The normalized spacial score (nSPS) is 21.2. The number of halogens is 3. The fourth-order valence-corrected chi connectivity index (χ4v) is 2.34. The number of aryl methyl sites for hydroxylation is 1. The Bertz CT molecular complexity index is 394. The number of piperidine rings is 1. The molecule has 0 N–H and O–H groups in total. The molecule has 1 aromatic rings. The van der Waals surface area contributed by atoms with Crippen LogP contribution >= 0.6 is 0 Å². The minimum absolute atomic E-state index is 0.0621. The second kappa shape index (κ2) is 4.91. The molecule has 1 aliphatic heterocycles. The van der Waals surface area contributed by atoms with Crippen LogP contribution in [0.2, 0.25) is 0 Å². The first kappa shape index (κ1) is 13.4. The molecule has 0 spiro atoms. The summed E-state index contributed by atoms with van der Waals surface area (Å²) in [5.74, 6) is 0.146. The van der Waals surface area contributed by atoms with Crippen LogP contribution in [0, 0.1) is 12.8 Å². The molecule has 2 rings (SSSR count). The molecule has 0 aliphatic carbocycles. The van der Waals surface area contributed by atoms with Crippen LogP contribution in [0.15, 0.2) is 10.6 Å². The van der Waals surface area contributed by atoms with Gasteiger partial charge in [0.05, 0.1) is 18.2 Å². The zero-order valence-corrected chi connectivity index (χ0v) is 10.5. The maximum absolute atomic E-state index is 12.5. The quantitative estimate of drug-likeness (QED) is 0.818. The van der Waals surface area contributed by atoms with E-state index < -0.39 is 12.1 Å². The maximum atomic E-state index is 12.5. The number of rotatable bonds is 2. The molecule has 1 fully saturated rings. The highest BCUT2D eigenvalue weighted by molar-refractivity contribution is 4.96. The van der Waals surface area contributed by atoms with Crippen molar-refractivity contribution < 1.29 is 17.6 Å². The van der Waals surface area contributed by atoms with Gasteiger partial charge in [-0.05, 0) is 39.8 Å². The van der Waals surface area contributed by atoms with Crippen LogP contribution in [0.5, 0.6) is 0 Å². The first-order valence-corrected chi connectivity index (χ1v) is 6.11. The summed E-state index contributed by atoms with van der Waals surface area (Å²) in [4.78, 5) is 6.12. The van der Waals surface area contributed by atoms with E-state index in [1.807, 2.05) is 11.8 Å². The highest BCUT2D eigenvalue weighted by Gasteiger charge is 2.41. The predicted molar refractivity (Wildman–Crippen MR) is 60.0 cm³/mol. The monoisotopic (exact) mass is 262 g/mol. The third kappa shape index (κ3) is 2.85. The largest absolute Gasteiger partial charge is 0.444 e. The average molecular weight is 262 g/mol. The molecule has 1 aromatic heterocycles. The molecule has 0 amide bonds. The Morgan fingerprint density at radius 1 is 1.39 bits per heavy atom. The third-order valence-corrected chi connectivity index (χ3v) is 3.54. The minimum Gasteiger partial charge on any atom is -0.444 e. The van der Waals surface area contributed by atoms with Crippen molar-refractivity contribution in [2.45, 2.75) is 38.9 Å². The van der Waals surface area contributed by atoms with Crippen LogP contribution in [0.25, 0.3) is 0 Å². The molecule has 0 aromatic carbocycles. The Labute approximate surface area is 104 Å². The number of likely N-dealkylation sites (tertiary alicyclic amines) is 1. The summed E-state index contributed by atoms with van der Waals surface area (Å²) in [6.07, 6.45) is -2.11. The number of oxazole rings is 1. The lowest BCUT2D eigenvalue weighted by atomic mass is 9.95. The zero-order valence-electron chi connectivity index (χ0n) is 10.5. The van der Waals surface area contributed by atoms with Gasteiger partial charge in [-0.2, -0.15) is 13.2 Å². The summed E-state index contributed by atoms with van der Waals surface area (Å²) < 4.78 is 43.1. The number of alkyl halides is 3. The first-order chi connectivity index (χ1) is 8.38. The van der Waals surface area contributed by atoms with Gasteiger partial charge in [-0.15, -0.1) is 0 Å². The van der Waals surface area contributed by atoms with Gasteiger partial charge in [-0.1, -0.05) is 0 Å². The van der Waals surface area contributed by atoms with Crippen molar-refractivity contribution in [2.75, 3.05) is 13.1 Å². The molecule has 0 saturated carbocycles. The molecular weight excluding hydrogens is 245 g/mol. The van der Waals surface area contributed by atoms with Crippen molar-refractivity contribution in [1.29, 1.82) is 0 Å².